The summed E-state index contributed by atoms with van der Waals surface area (Å²) in [5, 5.41) is 9.66. The Morgan fingerprint density at radius 2 is 1.82 bits per heavy atom. The van der Waals surface area contributed by atoms with Crippen LogP contribution in [0.2, 0.25) is 0 Å². The van der Waals surface area contributed by atoms with E-state index < -0.39 is 17.6 Å². The van der Waals surface area contributed by atoms with E-state index in [9.17, 15) is 22.8 Å². The molecule has 28 heavy (non-hydrogen) atoms. The van der Waals surface area contributed by atoms with Gasteiger partial charge in [0.1, 0.15) is 0 Å². The predicted octanol–water partition coefficient (Wildman–Crippen LogP) is 3.19. The molecule has 3 rings (SSSR count). The highest BCUT2D eigenvalue weighted by Gasteiger charge is 2.31. The van der Waals surface area contributed by atoms with Crippen LogP contribution in [-0.2, 0) is 17.4 Å². The Balaban J connectivity index is 1.92. The fourth-order valence-electron chi connectivity index (χ4n) is 2.86. The molecule has 1 heterocycles. The number of carbonyl (C=O) groups excluding carboxylic acids is 1. The van der Waals surface area contributed by atoms with Gasteiger partial charge in [0.2, 0.25) is 5.91 Å². The number of nitrogens with one attached hydrogen (secondary N) is 2. The van der Waals surface area contributed by atoms with Crippen LogP contribution in [0, 0.1) is 0 Å². The van der Waals surface area contributed by atoms with E-state index in [2.05, 4.69) is 15.5 Å². The predicted molar refractivity (Wildman–Crippen MR) is 100 cm³/mol. The molecule has 0 fully saturated rings. The van der Waals surface area contributed by atoms with Crippen LogP contribution in [0.3, 0.4) is 0 Å². The van der Waals surface area contributed by atoms with E-state index in [4.69, 9.17) is 0 Å². The number of rotatable bonds is 4. The molecule has 0 aliphatic carbocycles. The number of amides is 1. The second-order valence-electron chi connectivity index (χ2n) is 6.39. The van der Waals surface area contributed by atoms with Gasteiger partial charge in [-0.1, -0.05) is 18.2 Å². The number of carbonyl (C=O) groups is 1. The molecule has 0 radical (unpaired) electrons. The van der Waals surface area contributed by atoms with E-state index in [1.54, 1.807) is 43.3 Å². The maximum absolute atomic E-state index is 13.0. The van der Waals surface area contributed by atoms with Gasteiger partial charge in [-0.15, -0.1) is 0 Å². The third-order valence-corrected chi connectivity index (χ3v) is 4.18. The van der Waals surface area contributed by atoms with Crippen molar-refractivity contribution < 1.29 is 18.0 Å². The van der Waals surface area contributed by atoms with E-state index in [1.165, 1.54) is 6.07 Å². The van der Waals surface area contributed by atoms with Gasteiger partial charge in [-0.25, -0.2) is 5.10 Å². The Labute approximate surface area is 158 Å². The van der Waals surface area contributed by atoms with Crippen LogP contribution < -0.4 is 15.8 Å². The molecule has 0 saturated carbocycles. The first kappa shape index (κ1) is 19.4. The zero-order valence-corrected chi connectivity index (χ0v) is 15.1. The monoisotopic (exact) mass is 390 g/mol. The SMILES string of the molecule is CN(C)c1ccc(C(F)(F)F)cc1NC(=O)Cc1n[nH]c(=O)c2ccccc12. The van der Waals surface area contributed by atoms with Crippen LogP contribution >= 0.6 is 0 Å². The van der Waals surface area contributed by atoms with Crippen molar-refractivity contribution in [1.29, 1.82) is 0 Å². The van der Waals surface area contributed by atoms with Gasteiger partial charge in [0.25, 0.3) is 5.56 Å². The van der Waals surface area contributed by atoms with Gasteiger partial charge in [-0.3, -0.25) is 9.59 Å². The number of aromatic nitrogens is 2. The number of benzene rings is 2. The maximum atomic E-state index is 13.0. The van der Waals surface area contributed by atoms with Crippen molar-refractivity contribution in [1.82, 2.24) is 10.2 Å². The first-order valence-corrected chi connectivity index (χ1v) is 8.31. The number of hydrogen-bond donors (Lipinski definition) is 2. The maximum Gasteiger partial charge on any atom is 0.416 e. The third kappa shape index (κ3) is 3.98. The molecule has 0 bridgehead atoms. The number of H-pyrrole nitrogens is 1. The fraction of sp³-hybridized carbons (Fsp3) is 0.211. The van der Waals surface area contributed by atoms with Gasteiger partial charge in [-0.2, -0.15) is 18.3 Å². The van der Waals surface area contributed by atoms with Gasteiger partial charge in [0.05, 0.1) is 34.4 Å². The molecule has 3 aromatic rings. The summed E-state index contributed by atoms with van der Waals surface area (Å²) in [6.45, 7) is 0. The highest BCUT2D eigenvalue weighted by Crippen LogP contribution is 2.35. The second kappa shape index (κ2) is 7.34. The molecule has 0 aliphatic rings. The number of fused-ring (bicyclic) bond motifs is 1. The van der Waals surface area contributed by atoms with Crippen LogP contribution in [0.5, 0.6) is 0 Å². The summed E-state index contributed by atoms with van der Waals surface area (Å²) >= 11 is 0. The Morgan fingerprint density at radius 1 is 1.14 bits per heavy atom. The molecule has 9 heteroatoms. The van der Waals surface area contributed by atoms with Gasteiger partial charge in [0.15, 0.2) is 0 Å². The smallest absolute Gasteiger partial charge is 0.376 e. The molecular weight excluding hydrogens is 373 g/mol. The minimum absolute atomic E-state index is 0.0403. The van der Waals surface area contributed by atoms with Gasteiger partial charge >= 0.3 is 6.18 Å². The molecule has 0 spiro atoms. The molecular formula is C19H17F3N4O2. The van der Waals surface area contributed by atoms with Crippen molar-refractivity contribution in [2.45, 2.75) is 12.6 Å². The third-order valence-electron chi connectivity index (χ3n) is 4.18. The van der Waals surface area contributed by atoms with Crippen molar-refractivity contribution >= 4 is 28.1 Å². The minimum Gasteiger partial charge on any atom is -0.376 e. The molecule has 146 valence electrons. The summed E-state index contributed by atoms with van der Waals surface area (Å²) in [6.07, 6.45) is -4.73. The van der Waals surface area contributed by atoms with E-state index >= 15 is 0 Å². The first-order chi connectivity index (χ1) is 13.2. The molecule has 0 aliphatic heterocycles. The summed E-state index contributed by atoms with van der Waals surface area (Å²) < 4.78 is 39.1. The summed E-state index contributed by atoms with van der Waals surface area (Å²) in [5.74, 6) is -0.549. The quantitative estimate of drug-likeness (QED) is 0.717. The van der Waals surface area contributed by atoms with Crippen LogP contribution in [0.25, 0.3) is 10.8 Å². The highest BCUT2D eigenvalue weighted by molar-refractivity contribution is 5.97. The van der Waals surface area contributed by atoms with Crippen molar-refractivity contribution in [3.05, 3.63) is 64.1 Å². The largest absolute Gasteiger partial charge is 0.416 e. The molecule has 6 nitrogen and oxygen atoms in total. The summed E-state index contributed by atoms with van der Waals surface area (Å²) in [5.41, 5.74) is -0.446. The molecule has 1 aromatic heterocycles. The van der Waals surface area contributed by atoms with Crippen LogP contribution in [0.4, 0.5) is 24.5 Å². The lowest BCUT2D eigenvalue weighted by Gasteiger charge is -2.20. The second-order valence-corrected chi connectivity index (χ2v) is 6.39. The minimum atomic E-state index is -4.53. The van der Waals surface area contributed by atoms with Crippen LogP contribution in [-0.4, -0.2) is 30.2 Å². The normalized spacial score (nSPS) is 11.5. The number of nitrogens with zero attached hydrogens (tertiary/aromatic N) is 2. The van der Waals surface area contributed by atoms with Crippen LogP contribution in [0.15, 0.2) is 47.3 Å². The number of hydrogen-bond acceptors (Lipinski definition) is 4. The van der Waals surface area contributed by atoms with Crippen molar-refractivity contribution in [3.8, 4) is 0 Å². The Bertz CT molecular complexity index is 1090. The number of anilines is 2. The van der Waals surface area contributed by atoms with Gasteiger partial charge < -0.3 is 10.2 Å². The van der Waals surface area contributed by atoms with Crippen molar-refractivity contribution in [2.24, 2.45) is 0 Å². The Hall–Kier alpha value is -3.36. The molecule has 2 aromatic carbocycles. The van der Waals surface area contributed by atoms with Gasteiger partial charge in [0, 0.05) is 19.5 Å². The van der Waals surface area contributed by atoms with E-state index in [1.807, 2.05) is 0 Å². The topological polar surface area (TPSA) is 78.1 Å². The van der Waals surface area contributed by atoms with Crippen LogP contribution in [0.1, 0.15) is 11.3 Å². The fourth-order valence-corrected chi connectivity index (χ4v) is 2.86. The number of halogens is 3. The highest BCUT2D eigenvalue weighted by atomic mass is 19.4. The van der Waals surface area contributed by atoms with Crippen molar-refractivity contribution in [3.63, 3.8) is 0 Å². The Kier molecular flexibility index (Phi) is 5.08. The molecule has 0 saturated heterocycles. The van der Waals surface area contributed by atoms with E-state index in [-0.39, 0.29) is 17.7 Å². The molecule has 1 amide bonds. The van der Waals surface area contributed by atoms with E-state index in [0.29, 0.717) is 22.2 Å². The molecule has 0 atom stereocenters. The standard InChI is InChI=1S/C19H17F3N4O2/c1-26(2)16-8-7-11(19(20,21)22)9-15(16)23-17(27)10-14-12-5-3-4-6-13(12)18(28)25-24-14/h3-9H,10H2,1-2H3,(H,23,27)(H,25,28). The summed E-state index contributed by atoms with van der Waals surface area (Å²) in [6, 6.07) is 9.82. The summed E-state index contributed by atoms with van der Waals surface area (Å²) in [7, 11) is 3.32. The lowest BCUT2D eigenvalue weighted by Crippen LogP contribution is -2.21. The Morgan fingerprint density at radius 3 is 2.46 bits per heavy atom. The summed E-state index contributed by atoms with van der Waals surface area (Å²) in [4.78, 5) is 25.9. The average molecular weight is 390 g/mol. The zero-order chi connectivity index (χ0) is 20.5. The number of alkyl halides is 3. The van der Waals surface area contributed by atoms with Crippen molar-refractivity contribution in [2.75, 3.05) is 24.3 Å². The lowest BCUT2D eigenvalue weighted by atomic mass is 10.1. The molecule has 0 unspecified atom stereocenters. The zero-order valence-electron chi connectivity index (χ0n) is 15.1. The van der Waals surface area contributed by atoms with E-state index in [0.717, 1.165) is 12.1 Å². The first-order valence-electron chi connectivity index (χ1n) is 8.31. The molecule has 2 N–H and O–H groups in total. The van der Waals surface area contributed by atoms with Gasteiger partial charge in [-0.05, 0) is 24.3 Å². The average Bonchev–Trinajstić information content (AvgIpc) is 2.63. The number of aromatic amines is 1. The lowest BCUT2D eigenvalue weighted by molar-refractivity contribution is -0.137.